The van der Waals surface area contributed by atoms with Crippen LogP contribution in [0.5, 0.6) is 0 Å². The van der Waals surface area contributed by atoms with Crippen LogP contribution in [0, 0.1) is 0 Å². The summed E-state index contributed by atoms with van der Waals surface area (Å²) in [7, 11) is 0. The molecule has 0 aliphatic carbocycles. The molecule has 0 bridgehead atoms. The van der Waals surface area contributed by atoms with E-state index in [1.807, 2.05) is 13.0 Å². The normalized spacial score (nSPS) is 13.1. The van der Waals surface area contributed by atoms with E-state index in [1.165, 1.54) is 4.90 Å². The average molecular weight is 556 g/mol. The Labute approximate surface area is 204 Å². The van der Waals surface area contributed by atoms with Crippen molar-refractivity contribution in [2.24, 2.45) is 4.99 Å². The van der Waals surface area contributed by atoms with E-state index in [0.29, 0.717) is 35.8 Å². The molecule has 0 radical (unpaired) electrons. The second-order valence-corrected chi connectivity index (χ2v) is 7.33. The molecular weight excluding hydrogens is 529 g/mol. The Hall–Kier alpha value is -2.20. The number of hydrogen-bond acceptors (Lipinski definition) is 4. The second-order valence-electron chi connectivity index (χ2n) is 6.94. The lowest BCUT2D eigenvalue weighted by Crippen LogP contribution is -2.38. The van der Waals surface area contributed by atoms with Gasteiger partial charge < -0.3 is 10.6 Å². The Kier molecular flexibility index (Phi) is 10.2. The third-order valence-electron chi connectivity index (χ3n) is 4.78. The van der Waals surface area contributed by atoms with Gasteiger partial charge in [0.05, 0.1) is 11.1 Å². The molecule has 0 unspecified atom stereocenters. The fourth-order valence-electron chi connectivity index (χ4n) is 3.24. The SMILES string of the molecule is CCNC(=NCCCCN1C(=O)c2ccccc2C1=O)NCCc1ccc(Cl)nc1.I. The molecule has 0 saturated heterocycles. The Morgan fingerprint density at radius 2 is 1.77 bits per heavy atom. The quantitative estimate of drug-likeness (QED) is 0.123. The van der Waals surface area contributed by atoms with Gasteiger partial charge in [0.15, 0.2) is 5.96 Å². The summed E-state index contributed by atoms with van der Waals surface area (Å²) in [5, 5.41) is 7.01. The van der Waals surface area contributed by atoms with Crippen molar-refractivity contribution < 1.29 is 9.59 Å². The van der Waals surface area contributed by atoms with E-state index in [9.17, 15) is 9.59 Å². The highest BCUT2D eigenvalue weighted by atomic mass is 127. The van der Waals surface area contributed by atoms with Crippen LogP contribution in [-0.4, -0.2) is 53.8 Å². The molecule has 1 aromatic heterocycles. The molecule has 2 amide bonds. The monoisotopic (exact) mass is 555 g/mol. The number of nitrogens with zero attached hydrogens (tertiary/aromatic N) is 3. The Balaban J connectivity index is 0.00000341. The molecule has 0 fully saturated rings. The van der Waals surface area contributed by atoms with Gasteiger partial charge in [-0.3, -0.25) is 19.5 Å². The van der Waals surface area contributed by atoms with Crippen LogP contribution in [0.2, 0.25) is 5.15 Å². The van der Waals surface area contributed by atoms with Gasteiger partial charge in [0.2, 0.25) is 0 Å². The molecule has 1 aliphatic rings. The van der Waals surface area contributed by atoms with Crippen LogP contribution in [0.25, 0.3) is 0 Å². The Morgan fingerprint density at radius 1 is 1.06 bits per heavy atom. The molecule has 0 saturated carbocycles. The highest BCUT2D eigenvalue weighted by Crippen LogP contribution is 2.22. The second kappa shape index (κ2) is 12.6. The summed E-state index contributed by atoms with van der Waals surface area (Å²) in [6, 6.07) is 10.7. The molecule has 0 spiro atoms. The third kappa shape index (κ3) is 6.90. The van der Waals surface area contributed by atoms with Crippen molar-refractivity contribution >= 4 is 53.4 Å². The number of hydrogen-bond donors (Lipinski definition) is 2. The summed E-state index contributed by atoms with van der Waals surface area (Å²) >= 11 is 5.81. The van der Waals surface area contributed by atoms with Crippen molar-refractivity contribution in [2.45, 2.75) is 26.2 Å². The highest BCUT2D eigenvalue weighted by Gasteiger charge is 2.34. The zero-order chi connectivity index (χ0) is 21.3. The number of fused-ring (bicyclic) bond motifs is 1. The standard InChI is InChI=1S/C22H26ClN5O2.HI/c1-2-24-22(26-13-11-16-9-10-19(23)27-15-16)25-12-5-6-14-28-20(29)17-7-3-4-8-18(17)21(28)30;/h3-4,7-10,15H,2,5-6,11-14H2,1H3,(H2,24,25,26);1H. The van der Waals surface area contributed by atoms with Gasteiger partial charge in [-0.1, -0.05) is 29.8 Å². The number of pyridine rings is 1. The lowest BCUT2D eigenvalue weighted by atomic mass is 10.1. The number of imide groups is 1. The molecule has 3 rings (SSSR count). The third-order valence-corrected chi connectivity index (χ3v) is 5.00. The maximum absolute atomic E-state index is 12.4. The molecule has 31 heavy (non-hydrogen) atoms. The summed E-state index contributed by atoms with van der Waals surface area (Å²) in [5.74, 6) is 0.344. The number of rotatable bonds is 9. The summed E-state index contributed by atoms with van der Waals surface area (Å²) in [6.07, 6.45) is 4.08. The number of unbranched alkanes of at least 4 members (excludes halogenated alkanes) is 1. The number of benzene rings is 1. The molecule has 1 aliphatic heterocycles. The number of carbonyl (C=O) groups excluding carboxylic acids is 2. The predicted molar refractivity (Wildman–Crippen MR) is 133 cm³/mol. The van der Waals surface area contributed by atoms with Crippen molar-refractivity contribution in [3.8, 4) is 0 Å². The number of aromatic nitrogens is 1. The van der Waals surface area contributed by atoms with Crippen LogP contribution in [0.3, 0.4) is 0 Å². The molecule has 9 heteroatoms. The number of halogens is 2. The molecule has 2 aromatic rings. The molecule has 2 heterocycles. The van der Waals surface area contributed by atoms with Gasteiger partial charge in [-0.15, -0.1) is 24.0 Å². The van der Waals surface area contributed by atoms with Crippen LogP contribution in [0.1, 0.15) is 46.0 Å². The predicted octanol–water partition coefficient (Wildman–Crippen LogP) is 3.53. The maximum atomic E-state index is 12.4. The zero-order valence-electron chi connectivity index (χ0n) is 17.4. The summed E-state index contributed by atoms with van der Waals surface area (Å²) < 4.78 is 0. The first kappa shape index (κ1) is 25.1. The van der Waals surface area contributed by atoms with Crippen molar-refractivity contribution in [2.75, 3.05) is 26.2 Å². The van der Waals surface area contributed by atoms with Crippen LogP contribution < -0.4 is 10.6 Å². The van der Waals surface area contributed by atoms with Crippen molar-refractivity contribution in [3.63, 3.8) is 0 Å². The van der Waals surface area contributed by atoms with E-state index in [4.69, 9.17) is 11.6 Å². The van der Waals surface area contributed by atoms with E-state index in [-0.39, 0.29) is 35.8 Å². The molecule has 7 nitrogen and oxygen atoms in total. The number of carbonyl (C=O) groups is 2. The van der Waals surface area contributed by atoms with E-state index in [2.05, 4.69) is 20.6 Å². The number of aliphatic imine (C=N–C) groups is 1. The first-order valence-electron chi connectivity index (χ1n) is 10.2. The van der Waals surface area contributed by atoms with Gasteiger partial charge in [0, 0.05) is 32.4 Å². The van der Waals surface area contributed by atoms with Crippen LogP contribution in [-0.2, 0) is 6.42 Å². The fourth-order valence-corrected chi connectivity index (χ4v) is 3.35. The largest absolute Gasteiger partial charge is 0.357 e. The van der Waals surface area contributed by atoms with Gasteiger partial charge >= 0.3 is 0 Å². The Bertz CT molecular complexity index is 885. The van der Waals surface area contributed by atoms with Crippen LogP contribution in [0.4, 0.5) is 0 Å². The molecule has 1 aromatic carbocycles. The first-order chi connectivity index (χ1) is 14.6. The van der Waals surface area contributed by atoms with Gasteiger partial charge in [-0.05, 0) is 49.9 Å². The summed E-state index contributed by atoms with van der Waals surface area (Å²) in [5.41, 5.74) is 2.09. The highest BCUT2D eigenvalue weighted by molar-refractivity contribution is 14.0. The van der Waals surface area contributed by atoms with Gasteiger partial charge in [0.1, 0.15) is 5.15 Å². The number of amides is 2. The smallest absolute Gasteiger partial charge is 0.261 e. The van der Waals surface area contributed by atoms with Gasteiger partial charge in [0.25, 0.3) is 11.8 Å². The van der Waals surface area contributed by atoms with Gasteiger partial charge in [-0.25, -0.2) is 4.98 Å². The van der Waals surface area contributed by atoms with Crippen molar-refractivity contribution in [1.82, 2.24) is 20.5 Å². The number of nitrogens with one attached hydrogen (secondary N) is 2. The lowest BCUT2D eigenvalue weighted by Gasteiger charge is -2.13. The maximum Gasteiger partial charge on any atom is 0.261 e. The summed E-state index contributed by atoms with van der Waals surface area (Å²) in [6.45, 7) is 4.53. The zero-order valence-corrected chi connectivity index (χ0v) is 20.5. The number of guanidine groups is 1. The Morgan fingerprint density at radius 3 is 2.39 bits per heavy atom. The van der Waals surface area contributed by atoms with Crippen molar-refractivity contribution in [1.29, 1.82) is 0 Å². The van der Waals surface area contributed by atoms with E-state index in [0.717, 1.165) is 37.5 Å². The van der Waals surface area contributed by atoms with E-state index in [1.54, 1.807) is 36.5 Å². The molecule has 0 atom stereocenters. The molecule has 166 valence electrons. The minimum absolute atomic E-state index is 0. The first-order valence-corrected chi connectivity index (χ1v) is 10.6. The topological polar surface area (TPSA) is 86.7 Å². The van der Waals surface area contributed by atoms with E-state index < -0.39 is 0 Å². The minimum Gasteiger partial charge on any atom is -0.357 e. The minimum atomic E-state index is -0.203. The van der Waals surface area contributed by atoms with E-state index >= 15 is 0 Å². The lowest BCUT2D eigenvalue weighted by molar-refractivity contribution is 0.0652. The fraction of sp³-hybridized carbons (Fsp3) is 0.364. The van der Waals surface area contributed by atoms with Gasteiger partial charge in [-0.2, -0.15) is 0 Å². The van der Waals surface area contributed by atoms with Crippen LogP contribution in [0.15, 0.2) is 47.6 Å². The van der Waals surface area contributed by atoms with Crippen LogP contribution >= 0.6 is 35.6 Å². The molecular formula is C22H27ClIN5O2. The van der Waals surface area contributed by atoms with Crippen molar-refractivity contribution in [3.05, 3.63) is 64.4 Å². The summed E-state index contributed by atoms with van der Waals surface area (Å²) in [4.78, 5) is 34.7. The average Bonchev–Trinajstić information content (AvgIpc) is 3.00. The molecule has 2 N–H and O–H groups in total.